The minimum Gasteiger partial charge on any atom is -0.341 e. The van der Waals surface area contributed by atoms with Crippen molar-refractivity contribution in [1.82, 2.24) is 20.2 Å². The Balaban J connectivity index is 0.00000225. The van der Waals surface area contributed by atoms with Crippen molar-refractivity contribution in [2.75, 3.05) is 25.9 Å². The fourth-order valence-electron chi connectivity index (χ4n) is 2.88. The first-order valence-electron chi connectivity index (χ1n) is 8.17. The lowest BCUT2D eigenvalue weighted by Crippen LogP contribution is -2.38. The van der Waals surface area contributed by atoms with Gasteiger partial charge in [-0.25, -0.2) is 4.98 Å². The van der Waals surface area contributed by atoms with Crippen LogP contribution in [0.5, 0.6) is 0 Å². The summed E-state index contributed by atoms with van der Waals surface area (Å²) in [6.07, 6.45) is 1.53. The lowest BCUT2D eigenvalue weighted by atomic mass is 10.2. The Bertz CT molecular complexity index is 777. The number of fused-ring (bicyclic) bond motifs is 1. The molecule has 1 aliphatic rings. The third-order valence-electron chi connectivity index (χ3n) is 4.34. The maximum atomic E-state index is 12.2. The summed E-state index contributed by atoms with van der Waals surface area (Å²) in [7, 11) is 1.88. The van der Waals surface area contributed by atoms with Gasteiger partial charge in [-0.15, -0.1) is 12.4 Å². The van der Waals surface area contributed by atoms with E-state index in [2.05, 4.69) is 15.3 Å². The molecule has 1 amide bonds. The van der Waals surface area contributed by atoms with Crippen LogP contribution < -0.4 is 10.9 Å². The Morgan fingerprint density at radius 3 is 2.96 bits per heavy atom. The van der Waals surface area contributed by atoms with Gasteiger partial charge in [-0.2, -0.15) is 11.8 Å². The van der Waals surface area contributed by atoms with Crippen LogP contribution in [0, 0.1) is 0 Å². The average Bonchev–Trinajstić information content (AvgIpc) is 3.12. The number of thioether (sulfide) groups is 1. The maximum Gasteiger partial charge on any atom is 0.258 e. The summed E-state index contributed by atoms with van der Waals surface area (Å²) >= 11 is 1.62. The molecular formula is C17H23ClN4O2S. The van der Waals surface area contributed by atoms with Crippen molar-refractivity contribution in [3.05, 3.63) is 40.4 Å². The SMILES string of the molecule is CN(C(=O)CCSCc1nc2ccccc2c(=O)[nH]1)C1CCNC1.Cl. The number of nitrogens with one attached hydrogen (secondary N) is 2. The zero-order chi connectivity index (χ0) is 16.9. The highest BCUT2D eigenvalue weighted by Gasteiger charge is 2.22. The lowest BCUT2D eigenvalue weighted by molar-refractivity contribution is -0.131. The topological polar surface area (TPSA) is 78.1 Å². The van der Waals surface area contributed by atoms with Crippen molar-refractivity contribution in [2.24, 2.45) is 0 Å². The van der Waals surface area contributed by atoms with Crippen LogP contribution >= 0.6 is 24.2 Å². The lowest BCUT2D eigenvalue weighted by Gasteiger charge is -2.23. The second kappa shape index (κ2) is 9.22. The molecule has 1 unspecified atom stereocenters. The summed E-state index contributed by atoms with van der Waals surface area (Å²) in [5.74, 6) is 2.16. The average molecular weight is 383 g/mol. The van der Waals surface area contributed by atoms with Crippen LogP contribution in [0.15, 0.2) is 29.1 Å². The van der Waals surface area contributed by atoms with Crippen LogP contribution in [0.3, 0.4) is 0 Å². The Labute approximate surface area is 157 Å². The van der Waals surface area contributed by atoms with Crippen molar-refractivity contribution in [2.45, 2.75) is 24.6 Å². The van der Waals surface area contributed by atoms with E-state index in [0.717, 1.165) is 25.3 Å². The number of halogens is 1. The quantitative estimate of drug-likeness (QED) is 0.745. The van der Waals surface area contributed by atoms with E-state index < -0.39 is 0 Å². The Kier molecular flexibility index (Phi) is 7.28. The number of likely N-dealkylation sites (N-methyl/N-ethyl adjacent to an activating group) is 1. The van der Waals surface area contributed by atoms with E-state index in [4.69, 9.17) is 0 Å². The molecule has 0 spiro atoms. The molecule has 1 aliphatic heterocycles. The summed E-state index contributed by atoms with van der Waals surface area (Å²) in [6, 6.07) is 7.63. The van der Waals surface area contributed by atoms with Gasteiger partial charge in [0.2, 0.25) is 5.91 Å². The molecule has 1 aromatic carbocycles. The number of nitrogens with zero attached hydrogens (tertiary/aromatic N) is 2. The zero-order valence-electron chi connectivity index (χ0n) is 14.2. The van der Waals surface area contributed by atoms with Gasteiger partial charge in [-0.3, -0.25) is 9.59 Å². The molecule has 2 N–H and O–H groups in total. The van der Waals surface area contributed by atoms with Gasteiger partial charge in [-0.1, -0.05) is 12.1 Å². The highest BCUT2D eigenvalue weighted by atomic mass is 35.5. The summed E-state index contributed by atoms with van der Waals surface area (Å²) in [4.78, 5) is 33.3. The third kappa shape index (κ3) is 4.96. The van der Waals surface area contributed by atoms with Gasteiger partial charge in [-0.05, 0) is 25.1 Å². The van der Waals surface area contributed by atoms with Crippen molar-refractivity contribution in [1.29, 1.82) is 0 Å². The zero-order valence-corrected chi connectivity index (χ0v) is 15.8. The molecule has 1 atom stereocenters. The minimum absolute atomic E-state index is 0. The number of rotatable bonds is 6. The highest BCUT2D eigenvalue weighted by Crippen LogP contribution is 2.14. The number of H-pyrrole nitrogens is 1. The van der Waals surface area contributed by atoms with Crippen LogP contribution in [0.1, 0.15) is 18.7 Å². The summed E-state index contributed by atoms with van der Waals surface area (Å²) in [5.41, 5.74) is 0.599. The normalized spacial score (nSPS) is 16.6. The number of hydrogen-bond donors (Lipinski definition) is 2. The van der Waals surface area contributed by atoms with Crippen molar-refractivity contribution in [3.63, 3.8) is 0 Å². The molecule has 0 bridgehead atoms. The number of para-hydroxylation sites is 1. The molecule has 0 aliphatic carbocycles. The van der Waals surface area contributed by atoms with Gasteiger partial charge in [0.1, 0.15) is 5.82 Å². The molecule has 0 radical (unpaired) electrons. The molecule has 25 heavy (non-hydrogen) atoms. The van der Waals surface area contributed by atoms with Crippen LogP contribution in [-0.4, -0.2) is 52.7 Å². The van der Waals surface area contributed by atoms with Crippen LogP contribution in [0.4, 0.5) is 0 Å². The largest absolute Gasteiger partial charge is 0.341 e. The summed E-state index contributed by atoms with van der Waals surface area (Å²) in [6.45, 7) is 1.87. The van der Waals surface area contributed by atoms with E-state index in [1.54, 1.807) is 17.8 Å². The standard InChI is InChI=1S/C17H22N4O2S.ClH/c1-21(12-6-8-18-10-12)16(22)7-9-24-11-15-19-14-5-3-2-4-13(14)17(23)20-15;/h2-5,12,18H,6-11H2,1H3,(H,19,20,23);1H. The Morgan fingerprint density at radius 1 is 1.40 bits per heavy atom. The van der Waals surface area contributed by atoms with Gasteiger partial charge >= 0.3 is 0 Å². The van der Waals surface area contributed by atoms with E-state index in [9.17, 15) is 9.59 Å². The van der Waals surface area contributed by atoms with Gasteiger partial charge < -0.3 is 15.2 Å². The summed E-state index contributed by atoms with van der Waals surface area (Å²) in [5, 5.41) is 3.88. The fraction of sp³-hybridized carbons (Fsp3) is 0.471. The molecule has 2 aromatic rings. The number of aromatic amines is 1. The third-order valence-corrected chi connectivity index (χ3v) is 5.31. The number of aromatic nitrogens is 2. The first-order valence-corrected chi connectivity index (χ1v) is 9.32. The number of carbonyl (C=O) groups excluding carboxylic acids is 1. The second-order valence-corrected chi connectivity index (χ2v) is 7.09. The first kappa shape index (κ1) is 19.8. The van der Waals surface area contributed by atoms with E-state index in [-0.39, 0.29) is 23.9 Å². The number of carbonyl (C=O) groups is 1. The molecule has 0 saturated carbocycles. The minimum atomic E-state index is -0.110. The molecule has 3 rings (SSSR count). The van der Waals surface area contributed by atoms with Gasteiger partial charge in [0.25, 0.3) is 5.56 Å². The van der Waals surface area contributed by atoms with E-state index in [0.29, 0.717) is 34.9 Å². The van der Waals surface area contributed by atoms with Gasteiger partial charge in [0, 0.05) is 31.8 Å². The first-order chi connectivity index (χ1) is 11.6. The molecule has 2 heterocycles. The smallest absolute Gasteiger partial charge is 0.258 e. The van der Waals surface area contributed by atoms with Crippen LogP contribution in [-0.2, 0) is 10.5 Å². The molecule has 1 saturated heterocycles. The highest BCUT2D eigenvalue weighted by molar-refractivity contribution is 7.98. The van der Waals surface area contributed by atoms with Crippen LogP contribution in [0.25, 0.3) is 10.9 Å². The van der Waals surface area contributed by atoms with Gasteiger partial charge in [0.15, 0.2) is 0 Å². The predicted octanol–water partition coefficient (Wildman–Crippen LogP) is 1.79. The summed E-state index contributed by atoms with van der Waals surface area (Å²) < 4.78 is 0. The van der Waals surface area contributed by atoms with Gasteiger partial charge in [0.05, 0.1) is 16.7 Å². The second-order valence-electron chi connectivity index (χ2n) is 5.98. The number of benzene rings is 1. The maximum absolute atomic E-state index is 12.2. The molecule has 1 fully saturated rings. The van der Waals surface area contributed by atoms with E-state index in [1.807, 2.05) is 30.1 Å². The molecular weight excluding hydrogens is 360 g/mol. The molecule has 6 nitrogen and oxygen atoms in total. The molecule has 1 aromatic heterocycles. The Hall–Kier alpha value is -1.57. The monoisotopic (exact) mass is 382 g/mol. The predicted molar refractivity (Wildman–Crippen MR) is 104 cm³/mol. The van der Waals surface area contributed by atoms with Crippen molar-refractivity contribution >= 4 is 41.0 Å². The Morgan fingerprint density at radius 2 is 2.20 bits per heavy atom. The molecule has 8 heteroatoms. The fourth-order valence-corrected chi connectivity index (χ4v) is 3.67. The van der Waals surface area contributed by atoms with Crippen molar-refractivity contribution < 1.29 is 4.79 Å². The van der Waals surface area contributed by atoms with E-state index in [1.165, 1.54) is 0 Å². The number of hydrogen-bond acceptors (Lipinski definition) is 5. The van der Waals surface area contributed by atoms with Crippen molar-refractivity contribution in [3.8, 4) is 0 Å². The van der Waals surface area contributed by atoms with Crippen LogP contribution in [0.2, 0.25) is 0 Å². The molecule has 136 valence electrons. The number of amides is 1. The van der Waals surface area contributed by atoms with E-state index >= 15 is 0 Å².